The van der Waals surface area contributed by atoms with Crippen molar-refractivity contribution < 1.29 is 0 Å². The molecule has 2 heteroatoms. The van der Waals surface area contributed by atoms with Gasteiger partial charge in [-0.15, -0.1) is 0 Å². The summed E-state index contributed by atoms with van der Waals surface area (Å²) in [6.07, 6.45) is 1.75. The lowest BCUT2D eigenvalue weighted by Gasteiger charge is -2.27. The van der Waals surface area contributed by atoms with Gasteiger partial charge in [-0.3, -0.25) is 0 Å². The molecule has 0 N–H and O–H groups in total. The van der Waals surface area contributed by atoms with Crippen molar-refractivity contribution in [3.63, 3.8) is 0 Å². The molecule has 58 heavy (non-hydrogen) atoms. The molecule has 0 saturated carbocycles. The summed E-state index contributed by atoms with van der Waals surface area (Å²) in [6.45, 7) is 0. The van der Waals surface area contributed by atoms with E-state index < -0.39 is 0 Å². The van der Waals surface area contributed by atoms with Gasteiger partial charge in [-0.05, 0) is 127 Å². The summed E-state index contributed by atoms with van der Waals surface area (Å²) < 4.78 is 5.15. The minimum absolute atomic E-state index is 0.877. The third kappa shape index (κ3) is 4.60. The third-order valence-electron chi connectivity index (χ3n) is 12.8. The highest BCUT2D eigenvalue weighted by Crippen LogP contribution is 2.47. The van der Waals surface area contributed by atoms with Gasteiger partial charge in [0.25, 0.3) is 0 Å². The van der Waals surface area contributed by atoms with Crippen LogP contribution in [0, 0.1) is 0 Å². The second-order valence-corrected chi connectivity index (χ2v) is 16.1. The normalized spacial score (nSPS) is 12.7. The average Bonchev–Trinajstić information content (AvgIpc) is 3.81. The highest BCUT2D eigenvalue weighted by Gasteiger charge is 2.29. The van der Waals surface area contributed by atoms with Crippen LogP contribution in [-0.4, -0.2) is 9.13 Å². The highest BCUT2D eigenvalue weighted by molar-refractivity contribution is 6.15. The Morgan fingerprint density at radius 1 is 0.259 bits per heavy atom. The van der Waals surface area contributed by atoms with Crippen molar-refractivity contribution in [2.75, 3.05) is 0 Å². The average molecular weight is 737 g/mol. The summed E-state index contributed by atoms with van der Waals surface area (Å²) in [5.74, 6) is 0. The lowest BCUT2D eigenvalue weighted by Crippen LogP contribution is -2.14. The zero-order valence-corrected chi connectivity index (χ0v) is 31.8. The molecule has 0 aliphatic carbocycles. The Balaban J connectivity index is 1.07. The van der Waals surface area contributed by atoms with Gasteiger partial charge >= 0.3 is 0 Å². The van der Waals surface area contributed by atoms with E-state index in [0.717, 1.165) is 12.8 Å². The SMILES string of the molecule is c1ccc(-c2ccc3c(c2)c2cc(-c4ccccc4)cc4c2n3-c2cc3c(cc2C4)-n2c4ccc(-c5ccccc5)cc4c4cc(-c5ccccc5)cc(c42)C3)cc1. The van der Waals surface area contributed by atoms with Crippen molar-refractivity contribution in [1.29, 1.82) is 0 Å². The smallest absolute Gasteiger partial charge is 0.0577 e. The molecular weight excluding hydrogens is 701 g/mol. The molecule has 4 heterocycles. The van der Waals surface area contributed by atoms with Crippen LogP contribution in [0.1, 0.15) is 22.3 Å². The van der Waals surface area contributed by atoms with E-state index in [0.29, 0.717) is 0 Å². The van der Waals surface area contributed by atoms with E-state index in [4.69, 9.17) is 0 Å². The fraction of sp³-hybridized carbons (Fsp3) is 0.0357. The van der Waals surface area contributed by atoms with Crippen molar-refractivity contribution in [3.05, 3.63) is 216 Å². The molecule has 0 spiro atoms. The summed E-state index contributed by atoms with van der Waals surface area (Å²) in [5.41, 5.74) is 23.3. The first kappa shape index (κ1) is 31.7. The maximum absolute atomic E-state index is 2.58. The molecule has 0 bridgehead atoms. The van der Waals surface area contributed by atoms with Crippen LogP contribution in [-0.2, 0) is 12.8 Å². The van der Waals surface area contributed by atoms with Gasteiger partial charge in [-0.1, -0.05) is 133 Å². The van der Waals surface area contributed by atoms with Crippen LogP contribution in [0.5, 0.6) is 0 Å². The number of benzene rings is 9. The van der Waals surface area contributed by atoms with E-state index in [9.17, 15) is 0 Å². The number of hydrogen-bond acceptors (Lipinski definition) is 0. The van der Waals surface area contributed by atoms with E-state index in [-0.39, 0.29) is 0 Å². The van der Waals surface area contributed by atoms with Gasteiger partial charge in [0.05, 0.1) is 33.4 Å². The van der Waals surface area contributed by atoms with Crippen LogP contribution in [0.3, 0.4) is 0 Å². The maximum atomic E-state index is 2.58. The van der Waals surface area contributed by atoms with Gasteiger partial charge in [0, 0.05) is 34.4 Å². The lowest BCUT2D eigenvalue weighted by molar-refractivity contribution is 0.990. The molecule has 9 aromatic carbocycles. The first-order chi connectivity index (χ1) is 28.7. The first-order valence-corrected chi connectivity index (χ1v) is 20.3. The molecule has 0 unspecified atom stereocenters. The first-order valence-electron chi connectivity index (χ1n) is 20.3. The molecule has 11 aromatic rings. The molecule has 2 aromatic heterocycles. The Hall–Kier alpha value is -7.42. The van der Waals surface area contributed by atoms with E-state index in [1.54, 1.807) is 0 Å². The fourth-order valence-electron chi connectivity index (χ4n) is 10.2. The van der Waals surface area contributed by atoms with E-state index in [1.165, 1.54) is 122 Å². The topological polar surface area (TPSA) is 9.86 Å². The number of rotatable bonds is 4. The second-order valence-electron chi connectivity index (χ2n) is 16.1. The van der Waals surface area contributed by atoms with E-state index >= 15 is 0 Å². The fourth-order valence-corrected chi connectivity index (χ4v) is 10.2. The number of nitrogens with zero attached hydrogens (tertiary/aromatic N) is 2. The Morgan fingerprint density at radius 3 is 0.983 bits per heavy atom. The third-order valence-corrected chi connectivity index (χ3v) is 12.8. The molecule has 0 fully saturated rings. The van der Waals surface area contributed by atoms with Crippen molar-refractivity contribution in [2.24, 2.45) is 0 Å². The summed E-state index contributed by atoms with van der Waals surface area (Å²) in [6, 6.07) is 72.3. The minimum atomic E-state index is 0.877. The minimum Gasteiger partial charge on any atom is -0.309 e. The van der Waals surface area contributed by atoms with Gasteiger partial charge in [0.2, 0.25) is 0 Å². The van der Waals surface area contributed by atoms with Gasteiger partial charge < -0.3 is 9.13 Å². The van der Waals surface area contributed by atoms with Crippen LogP contribution >= 0.6 is 0 Å². The van der Waals surface area contributed by atoms with E-state index in [1.807, 2.05) is 0 Å². The Labute approximate surface area is 336 Å². The molecule has 0 radical (unpaired) electrons. The summed E-state index contributed by atoms with van der Waals surface area (Å²) in [5, 5.41) is 5.23. The summed E-state index contributed by atoms with van der Waals surface area (Å²) in [4.78, 5) is 0. The van der Waals surface area contributed by atoms with Crippen LogP contribution in [0.15, 0.2) is 194 Å². The van der Waals surface area contributed by atoms with Gasteiger partial charge in [0.15, 0.2) is 0 Å². The number of aromatic nitrogens is 2. The molecule has 13 rings (SSSR count). The Bertz CT molecular complexity index is 3230. The summed E-state index contributed by atoms with van der Waals surface area (Å²) >= 11 is 0. The van der Waals surface area contributed by atoms with Crippen LogP contribution in [0.2, 0.25) is 0 Å². The quantitative estimate of drug-likeness (QED) is 0.170. The van der Waals surface area contributed by atoms with Gasteiger partial charge in [0.1, 0.15) is 0 Å². The Morgan fingerprint density at radius 2 is 0.603 bits per heavy atom. The lowest BCUT2D eigenvalue weighted by atomic mass is 9.89. The molecule has 2 aliphatic rings. The molecule has 2 aliphatic heterocycles. The van der Waals surface area contributed by atoms with Crippen LogP contribution in [0.4, 0.5) is 0 Å². The van der Waals surface area contributed by atoms with Crippen LogP contribution < -0.4 is 0 Å². The van der Waals surface area contributed by atoms with Crippen molar-refractivity contribution >= 4 is 43.6 Å². The molecule has 2 nitrogen and oxygen atoms in total. The Kier molecular flexibility index (Phi) is 6.59. The van der Waals surface area contributed by atoms with Gasteiger partial charge in [-0.25, -0.2) is 0 Å². The monoisotopic (exact) mass is 736 g/mol. The molecule has 0 atom stereocenters. The second kappa shape index (κ2) is 12.0. The zero-order valence-electron chi connectivity index (χ0n) is 31.8. The summed E-state index contributed by atoms with van der Waals surface area (Å²) in [7, 11) is 0. The molecule has 270 valence electrons. The zero-order chi connectivity index (χ0) is 37.9. The maximum Gasteiger partial charge on any atom is 0.0577 e. The standard InChI is InChI=1S/C56H36N2/c1-5-13-35(14-6-1)39-21-23-51-47(29-39)49-31-41(37-17-9-3-10-18-37)25-45-27-43-34-54-44(33-53(43)57(51)55(45)49)28-46-26-42(38-19-11-4-12-20-38)32-50-48-30-40(36-15-7-2-8-16-36)22-24-52(48)58(54)56(46)50/h1-26,29-34H,27-28H2. The predicted molar refractivity (Wildman–Crippen MR) is 242 cm³/mol. The van der Waals surface area contributed by atoms with Crippen molar-refractivity contribution in [1.82, 2.24) is 9.13 Å². The molecule has 0 saturated heterocycles. The largest absolute Gasteiger partial charge is 0.309 e. The van der Waals surface area contributed by atoms with Gasteiger partial charge in [-0.2, -0.15) is 0 Å². The highest BCUT2D eigenvalue weighted by atomic mass is 15.0. The van der Waals surface area contributed by atoms with E-state index in [2.05, 4.69) is 203 Å². The predicted octanol–water partition coefficient (Wildman–Crippen LogP) is 14.4. The number of hydrogen-bond donors (Lipinski definition) is 0. The van der Waals surface area contributed by atoms with Crippen molar-refractivity contribution in [2.45, 2.75) is 12.8 Å². The molecule has 0 amide bonds. The van der Waals surface area contributed by atoms with Crippen molar-refractivity contribution in [3.8, 4) is 55.9 Å². The number of fused-ring (bicyclic) bond motifs is 10. The van der Waals surface area contributed by atoms with Crippen LogP contribution in [0.25, 0.3) is 99.5 Å². The molecular formula is C56H36N2.